The number of hydrogen-bond acceptors (Lipinski definition) is 7. The highest BCUT2D eigenvalue weighted by molar-refractivity contribution is 7.19. The van der Waals surface area contributed by atoms with Crippen LogP contribution in [0.2, 0.25) is 5.02 Å². The van der Waals surface area contributed by atoms with Gasteiger partial charge in [0.05, 0.1) is 10.9 Å². The number of rotatable bonds is 7. The third-order valence-electron chi connectivity index (χ3n) is 6.16. The average Bonchev–Trinajstić information content (AvgIpc) is 3.61. The summed E-state index contributed by atoms with van der Waals surface area (Å²) in [6.45, 7) is 3.32. The zero-order valence-corrected chi connectivity index (χ0v) is 20.7. The molecule has 0 spiro atoms. The number of H-pyrrole nitrogens is 1. The lowest BCUT2D eigenvalue weighted by molar-refractivity contribution is -0.114. The van der Waals surface area contributed by atoms with Crippen molar-refractivity contribution in [2.24, 2.45) is 5.92 Å². The van der Waals surface area contributed by atoms with Crippen molar-refractivity contribution in [3.8, 4) is 21.1 Å². The number of halogens is 1. The van der Waals surface area contributed by atoms with Crippen LogP contribution in [0.1, 0.15) is 30.5 Å². The van der Waals surface area contributed by atoms with Crippen LogP contribution in [0.3, 0.4) is 0 Å². The number of benzene rings is 1. The van der Waals surface area contributed by atoms with Crippen molar-refractivity contribution < 1.29 is 9.90 Å². The third kappa shape index (κ3) is 5.13. The summed E-state index contributed by atoms with van der Waals surface area (Å²) in [5.41, 5.74) is 3.16. The predicted molar refractivity (Wildman–Crippen MR) is 137 cm³/mol. The number of aliphatic hydroxyl groups excluding tert-OH is 1. The summed E-state index contributed by atoms with van der Waals surface area (Å²) in [6.07, 6.45) is 4.14. The van der Waals surface area contributed by atoms with Crippen molar-refractivity contribution in [3.05, 3.63) is 71.1 Å². The molecule has 1 aromatic carbocycles. The molecular formula is C25H25ClN6O2S. The molecule has 1 fully saturated rings. The highest BCUT2D eigenvalue weighted by Gasteiger charge is 2.33. The van der Waals surface area contributed by atoms with Gasteiger partial charge in [-0.2, -0.15) is 5.10 Å². The number of amides is 1. The fraction of sp³-hybridized carbons (Fsp3) is 0.280. The van der Waals surface area contributed by atoms with Gasteiger partial charge >= 0.3 is 0 Å². The van der Waals surface area contributed by atoms with Gasteiger partial charge in [-0.1, -0.05) is 23.7 Å². The lowest BCUT2D eigenvalue weighted by Gasteiger charge is -2.29. The Bertz CT molecular complexity index is 1310. The Morgan fingerprint density at radius 3 is 2.80 bits per heavy atom. The number of likely N-dealkylation sites (tertiary alicyclic amines) is 1. The van der Waals surface area contributed by atoms with Crippen molar-refractivity contribution in [2.75, 3.05) is 25.0 Å². The van der Waals surface area contributed by atoms with Crippen LogP contribution < -0.4 is 5.32 Å². The predicted octanol–water partition coefficient (Wildman–Crippen LogP) is 4.61. The van der Waals surface area contributed by atoms with Gasteiger partial charge in [0.1, 0.15) is 12.1 Å². The van der Waals surface area contributed by atoms with Crippen LogP contribution in [-0.4, -0.2) is 55.8 Å². The first-order chi connectivity index (χ1) is 17.0. The van der Waals surface area contributed by atoms with E-state index < -0.39 is 0 Å². The normalized spacial score (nSPS) is 16.9. The second kappa shape index (κ2) is 10.2. The number of pyridine rings is 1. The fourth-order valence-electron chi connectivity index (χ4n) is 4.56. The summed E-state index contributed by atoms with van der Waals surface area (Å²) in [7, 11) is 0. The first-order valence-electron chi connectivity index (χ1n) is 11.4. The molecule has 35 heavy (non-hydrogen) atoms. The molecule has 4 aromatic rings. The zero-order chi connectivity index (χ0) is 24.4. The minimum atomic E-state index is -0.167. The molecule has 2 atom stereocenters. The van der Waals surface area contributed by atoms with Gasteiger partial charge in [-0.05, 0) is 65.9 Å². The van der Waals surface area contributed by atoms with Gasteiger partial charge < -0.3 is 10.4 Å². The number of nitrogens with one attached hydrogen (secondary N) is 2. The Balaban J connectivity index is 1.63. The number of aliphatic hydroxyl groups is 1. The number of carbonyl (C=O) groups is 1. The Hall–Kier alpha value is -3.11. The van der Waals surface area contributed by atoms with Gasteiger partial charge in [0.25, 0.3) is 0 Å². The first kappa shape index (κ1) is 23.6. The van der Waals surface area contributed by atoms with E-state index in [0.717, 1.165) is 46.0 Å². The smallest absolute Gasteiger partial charge is 0.222 e. The molecular weight excluding hydrogens is 484 g/mol. The first-order valence-corrected chi connectivity index (χ1v) is 12.5. The molecule has 5 rings (SSSR count). The third-order valence-corrected chi connectivity index (χ3v) is 7.62. The van der Waals surface area contributed by atoms with Gasteiger partial charge in [0.2, 0.25) is 5.91 Å². The van der Waals surface area contributed by atoms with Gasteiger partial charge in [-0.3, -0.25) is 14.8 Å². The Morgan fingerprint density at radius 1 is 1.29 bits per heavy atom. The van der Waals surface area contributed by atoms with Crippen molar-refractivity contribution >= 4 is 34.7 Å². The van der Waals surface area contributed by atoms with E-state index in [0.29, 0.717) is 16.7 Å². The summed E-state index contributed by atoms with van der Waals surface area (Å²) in [4.78, 5) is 24.7. The van der Waals surface area contributed by atoms with Crippen molar-refractivity contribution in [2.45, 2.75) is 19.4 Å². The molecule has 4 heterocycles. The maximum absolute atomic E-state index is 11.5. The zero-order valence-electron chi connectivity index (χ0n) is 19.1. The lowest BCUT2D eigenvalue weighted by atomic mass is 9.96. The van der Waals surface area contributed by atoms with Crippen LogP contribution >= 0.6 is 22.9 Å². The van der Waals surface area contributed by atoms with Gasteiger partial charge in [0, 0.05) is 36.2 Å². The molecule has 3 aromatic heterocycles. The summed E-state index contributed by atoms with van der Waals surface area (Å²) >= 11 is 7.82. The summed E-state index contributed by atoms with van der Waals surface area (Å²) in [6, 6.07) is 13.9. The SMILES string of the molecule is CC(=O)Nc1cc(-c2cc(C(c3ccc(Cl)cc3)N3CCC(CO)C3)c(-c3ncn[nH]3)s2)ccn1. The number of carbonyl (C=O) groups excluding carboxylic acids is 1. The van der Waals surface area contributed by atoms with Crippen LogP contribution in [0.25, 0.3) is 21.1 Å². The molecule has 0 bridgehead atoms. The molecule has 0 aliphatic carbocycles. The number of hydrogen-bond donors (Lipinski definition) is 3. The van der Waals surface area contributed by atoms with Crippen LogP contribution in [-0.2, 0) is 4.79 Å². The lowest BCUT2D eigenvalue weighted by Crippen LogP contribution is -2.28. The molecule has 1 saturated heterocycles. The van der Waals surface area contributed by atoms with Crippen molar-refractivity contribution in [3.63, 3.8) is 0 Å². The van der Waals surface area contributed by atoms with Crippen LogP contribution in [0.4, 0.5) is 5.82 Å². The van der Waals surface area contributed by atoms with Crippen LogP contribution in [0.5, 0.6) is 0 Å². The second-order valence-corrected chi connectivity index (χ2v) is 10.1. The topological polar surface area (TPSA) is 107 Å². The molecule has 180 valence electrons. The highest BCUT2D eigenvalue weighted by atomic mass is 35.5. The standard InChI is InChI=1S/C25H25ClN6O2S/c1-15(34)30-22-10-18(6-8-27-22)21-11-20(24(35-21)25-28-14-29-31-25)23(17-2-4-19(26)5-3-17)32-9-7-16(12-32)13-33/h2-6,8,10-11,14,16,23,33H,7,9,12-13H2,1H3,(H,27,30,34)(H,28,29,31). The Kier molecular flexibility index (Phi) is 6.92. The van der Waals surface area contributed by atoms with E-state index in [1.807, 2.05) is 24.3 Å². The monoisotopic (exact) mass is 508 g/mol. The summed E-state index contributed by atoms with van der Waals surface area (Å²) in [5, 5.41) is 20.3. The summed E-state index contributed by atoms with van der Waals surface area (Å²) in [5.74, 6) is 1.28. The number of aromatic nitrogens is 4. The molecule has 0 radical (unpaired) electrons. The largest absolute Gasteiger partial charge is 0.396 e. The molecule has 10 heteroatoms. The minimum Gasteiger partial charge on any atom is -0.396 e. The van der Waals surface area contributed by atoms with E-state index >= 15 is 0 Å². The molecule has 0 saturated carbocycles. The quantitative estimate of drug-likeness (QED) is 0.336. The maximum Gasteiger partial charge on any atom is 0.222 e. The van der Waals surface area contributed by atoms with Crippen molar-refractivity contribution in [1.82, 2.24) is 25.1 Å². The van der Waals surface area contributed by atoms with Gasteiger partial charge in [-0.15, -0.1) is 11.3 Å². The van der Waals surface area contributed by atoms with Gasteiger partial charge in [-0.25, -0.2) is 9.97 Å². The number of thiophene rings is 1. The molecule has 1 aliphatic heterocycles. The van der Waals surface area contributed by atoms with E-state index in [1.54, 1.807) is 17.5 Å². The molecule has 8 nitrogen and oxygen atoms in total. The van der Waals surface area contributed by atoms with E-state index in [4.69, 9.17) is 11.6 Å². The van der Waals surface area contributed by atoms with E-state index in [1.165, 1.54) is 13.3 Å². The number of anilines is 1. The molecule has 1 amide bonds. The highest BCUT2D eigenvalue weighted by Crippen LogP contribution is 2.45. The van der Waals surface area contributed by atoms with Crippen LogP contribution in [0.15, 0.2) is 55.0 Å². The van der Waals surface area contributed by atoms with E-state index in [2.05, 4.69) is 48.6 Å². The van der Waals surface area contributed by atoms with E-state index in [9.17, 15) is 9.90 Å². The number of nitrogens with zero attached hydrogens (tertiary/aromatic N) is 4. The number of aromatic amines is 1. The Morgan fingerprint density at radius 2 is 2.11 bits per heavy atom. The fourth-order valence-corrected chi connectivity index (χ4v) is 5.82. The Labute approximate surface area is 212 Å². The molecule has 2 unspecified atom stereocenters. The van der Waals surface area contributed by atoms with Gasteiger partial charge in [0.15, 0.2) is 5.82 Å². The minimum absolute atomic E-state index is 0.0504. The van der Waals surface area contributed by atoms with Crippen molar-refractivity contribution in [1.29, 1.82) is 0 Å². The van der Waals surface area contributed by atoms with E-state index in [-0.39, 0.29) is 24.5 Å². The summed E-state index contributed by atoms with van der Waals surface area (Å²) < 4.78 is 0. The van der Waals surface area contributed by atoms with Crippen LogP contribution in [0, 0.1) is 5.92 Å². The molecule has 3 N–H and O–H groups in total. The average molecular weight is 509 g/mol. The second-order valence-electron chi connectivity index (χ2n) is 8.63. The molecule has 1 aliphatic rings. The maximum atomic E-state index is 11.5.